The van der Waals surface area contributed by atoms with Crippen LogP contribution in [0.3, 0.4) is 0 Å². The van der Waals surface area contributed by atoms with Crippen LogP contribution in [-0.4, -0.2) is 80.7 Å². The number of Topliss-reactive ketones (excluding diaryl/α,β-unsaturated/α-hetero) is 1. The number of amides is 2. The summed E-state index contributed by atoms with van der Waals surface area (Å²) in [5.41, 5.74) is 9.41. The van der Waals surface area contributed by atoms with Crippen LogP contribution in [0.25, 0.3) is 11.1 Å². The van der Waals surface area contributed by atoms with Gasteiger partial charge in [-0.2, -0.15) is 0 Å². The molecular weight excluding hydrogens is 618 g/mol. The van der Waals surface area contributed by atoms with Gasteiger partial charge in [-0.1, -0.05) is 60.1 Å². The van der Waals surface area contributed by atoms with Crippen molar-refractivity contribution in [2.75, 3.05) is 58.0 Å². The van der Waals surface area contributed by atoms with E-state index < -0.39 is 6.09 Å². The summed E-state index contributed by atoms with van der Waals surface area (Å²) in [4.78, 5) is 40.4. The van der Waals surface area contributed by atoms with Gasteiger partial charge in [0, 0.05) is 48.8 Å². The molecule has 2 fully saturated rings. The van der Waals surface area contributed by atoms with Crippen molar-refractivity contribution < 1.29 is 23.9 Å². The number of ketones is 1. The SMILES string of the molecule is COc1cc(C(=O)CNCCOC(=O)N(c2ccccc2-c2ccccc2)N2CC[CH]CC2)c(Cl)cc1CN1CCC(C(N)=O)CC1. The number of carbonyl (C=O) groups excluding carboxylic acids is 3. The van der Waals surface area contributed by atoms with Crippen molar-refractivity contribution >= 4 is 35.1 Å². The number of rotatable bonds is 13. The highest BCUT2D eigenvalue weighted by atomic mass is 35.5. The van der Waals surface area contributed by atoms with E-state index >= 15 is 0 Å². The number of nitrogens with zero attached hydrogens (tertiary/aromatic N) is 3. The number of nitrogens with two attached hydrogens (primary N) is 1. The lowest BCUT2D eigenvalue weighted by Gasteiger charge is -2.37. The van der Waals surface area contributed by atoms with E-state index in [0.717, 1.165) is 61.2 Å². The van der Waals surface area contributed by atoms with E-state index in [0.29, 0.717) is 36.0 Å². The molecule has 3 aromatic rings. The van der Waals surface area contributed by atoms with Crippen molar-refractivity contribution in [1.82, 2.24) is 15.2 Å². The number of piperidine rings is 2. The summed E-state index contributed by atoms with van der Waals surface area (Å²) in [5.74, 6) is 0.0469. The maximum absolute atomic E-state index is 13.6. The first-order valence-corrected chi connectivity index (χ1v) is 16.5. The van der Waals surface area contributed by atoms with Gasteiger partial charge in [0.05, 0.1) is 24.4 Å². The molecule has 0 aromatic heterocycles. The highest BCUT2D eigenvalue weighted by molar-refractivity contribution is 6.34. The zero-order valence-corrected chi connectivity index (χ0v) is 27.6. The van der Waals surface area contributed by atoms with E-state index in [1.807, 2.05) is 59.6 Å². The zero-order chi connectivity index (χ0) is 33.2. The van der Waals surface area contributed by atoms with E-state index in [9.17, 15) is 14.4 Å². The number of likely N-dealkylation sites (tertiary alicyclic amines) is 1. The summed E-state index contributed by atoms with van der Waals surface area (Å²) >= 11 is 6.58. The number of nitrogens with one attached hydrogen (secondary N) is 1. The number of benzene rings is 3. The molecule has 0 aliphatic carbocycles. The number of carbonyl (C=O) groups is 3. The Hall–Kier alpha value is -3.96. The lowest BCUT2D eigenvalue weighted by atomic mass is 9.96. The molecule has 2 aliphatic rings. The number of halogens is 1. The Morgan fingerprint density at radius 2 is 1.68 bits per heavy atom. The van der Waals surface area contributed by atoms with E-state index in [2.05, 4.69) is 16.6 Å². The molecule has 3 N–H and O–H groups in total. The maximum Gasteiger partial charge on any atom is 0.429 e. The molecule has 0 unspecified atom stereocenters. The van der Waals surface area contributed by atoms with Gasteiger partial charge in [0.2, 0.25) is 5.91 Å². The summed E-state index contributed by atoms with van der Waals surface area (Å²) in [5, 5.41) is 7.11. The Morgan fingerprint density at radius 1 is 0.979 bits per heavy atom. The zero-order valence-electron chi connectivity index (χ0n) is 26.8. The van der Waals surface area contributed by atoms with Crippen LogP contribution < -0.4 is 20.8 Å². The molecular formula is C36H43ClN5O5. The number of primary amides is 1. The summed E-state index contributed by atoms with van der Waals surface area (Å²) in [7, 11) is 1.57. The Labute approximate surface area is 281 Å². The van der Waals surface area contributed by atoms with Gasteiger partial charge in [-0.05, 0) is 69.0 Å². The predicted molar refractivity (Wildman–Crippen MR) is 183 cm³/mol. The van der Waals surface area contributed by atoms with Gasteiger partial charge < -0.3 is 20.5 Å². The third kappa shape index (κ3) is 8.90. The Bertz CT molecular complexity index is 1520. The molecule has 3 aromatic carbocycles. The molecule has 2 aliphatic heterocycles. The number of hydrogen-bond acceptors (Lipinski definition) is 8. The molecule has 1 radical (unpaired) electrons. The first-order valence-electron chi connectivity index (χ1n) is 16.2. The topological polar surface area (TPSA) is 117 Å². The van der Waals surface area contributed by atoms with Crippen LogP contribution in [0.15, 0.2) is 66.7 Å². The standard InChI is InChI=1S/C36H43ClN5O5/c1-46-34-23-30(31(37)22-28(34)25-40-19-14-27(15-20-40)35(38)44)33(43)24-39-16-21-47-36(45)42(41-17-8-3-9-18-41)32-13-7-6-12-29(32)26-10-4-2-5-11-26/h2-7,10-13,22-23,27,39H,8-9,14-21,24-25H2,1H3,(H2,38,44). The maximum atomic E-state index is 13.6. The number of anilines is 1. The Kier molecular flexibility index (Phi) is 12.2. The highest BCUT2D eigenvalue weighted by Crippen LogP contribution is 2.33. The molecule has 0 atom stereocenters. The largest absolute Gasteiger partial charge is 0.496 e. The second-order valence-corrected chi connectivity index (χ2v) is 12.2. The number of hydrazine groups is 1. The summed E-state index contributed by atoms with van der Waals surface area (Å²) in [6, 6.07) is 21.3. The summed E-state index contributed by atoms with van der Waals surface area (Å²) < 4.78 is 11.3. The van der Waals surface area contributed by atoms with Gasteiger partial charge in [0.15, 0.2) is 5.78 Å². The highest BCUT2D eigenvalue weighted by Gasteiger charge is 2.29. The van der Waals surface area contributed by atoms with Crippen LogP contribution in [0.1, 0.15) is 41.6 Å². The van der Waals surface area contributed by atoms with Crippen molar-refractivity contribution in [2.45, 2.75) is 32.2 Å². The molecule has 249 valence electrons. The van der Waals surface area contributed by atoms with Gasteiger partial charge in [-0.25, -0.2) is 14.8 Å². The number of ether oxygens (including phenoxy) is 2. The number of para-hydroxylation sites is 1. The monoisotopic (exact) mass is 660 g/mol. The van der Waals surface area contributed by atoms with Crippen molar-refractivity contribution in [3.05, 3.63) is 89.3 Å². The van der Waals surface area contributed by atoms with Crippen LogP contribution in [0.2, 0.25) is 5.02 Å². The summed E-state index contributed by atoms with van der Waals surface area (Å²) in [6.07, 6.45) is 4.97. The minimum absolute atomic E-state index is 0.0168. The lowest BCUT2D eigenvalue weighted by Crippen LogP contribution is -2.50. The van der Waals surface area contributed by atoms with Crippen molar-refractivity contribution in [3.63, 3.8) is 0 Å². The second-order valence-electron chi connectivity index (χ2n) is 11.8. The molecule has 11 heteroatoms. The van der Waals surface area contributed by atoms with E-state index in [-0.39, 0.29) is 37.3 Å². The van der Waals surface area contributed by atoms with Gasteiger partial charge in [0.1, 0.15) is 12.4 Å². The average Bonchev–Trinajstić information content (AvgIpc) is 3.09. The molecule has 10 nitrogen and oxygen atoms in total. The molecule has 0 bridgehead atoms. The van der Waals surface area contributed by atoms with Crippen molar-refractivity contribution in [3.8, 4) is 16.9 Å². The van der Waals surface area contributed by atoms with E-state index in [1.54, 1.807) is 24.3 Å². The fourth-order valence-electron chi connectivity index (χ4n) is 6.13. The fraction of sp³-hybridized carbons (Fsp3) is 0.389. The molecule has 2 heterocycles. The first kappa shape index (κ1) is 34.4. The predicted octanol–water partition coefficient (Wildman–Crippen LogP) is 5.34. The third-order valence-corrected chi connectivity index (χ3v) is 9.01. The third-order valence-electron chi connectivity index (χ3n) is 8.70. The van der Waals surface area contributed by atoms with Crippen LogP contribution >= 0.6 is 11.6 Å². The molecule has 2 saturated heterocycles. The quantitative estimate of drug-likeness (QED) is 0.186. The van der Waals surface area contributed by atoms with E-state index in [4.69, 9.17) is 26.8 Å². The van der Waals surface area contributed by atoms with Crippen LogP contribution in [0.5, 0.6) is 5.75 Å². The molecule has 0 spiro atoms. The summed E-state index contributed by atoms with van der Waals surface area (Å²) in [6.45, 7) is 3.89. The molecule has 47 heavy (non-hydrogen) atoms. The minimum atomic E-state index is -0.467. The van der Waals surface area contributed by atoms with Gasteiger partial charge >= 0.3 is 6.09 Å². The van der Waals surface area contributed by atoms with Gasteiger partial charge in [0.25, 0.3) is 0 Å². The van der Waals surface area contributed by atoms with Crippen molar-refractivity contribution in [1.29, 1.82) is 0 Å². The second kappa shape index (κ2) is 16.7. The van der Waals surface area contributed by atoms with Crippen LogP contribution in [0, 0.1) is 12.3 Å². The molecule has 5 rings (SSSR count). The number of hydrogen-bond donors (Lipinski definition) is 2. The van der Waals surface area contributed by atoms with Crippen LogP contribution in [-0.2, 0) is 16.1 Å². The normalized spacial score (nSPS) is 16.0. The molecule has 2 amide bonds. The Morgan fingerprint density at radius 3 is 2.38 bits per heavy atom. The van der Waals surface area contributed by atoms with Crippen LogP contribution in [0.4, 0.5) is 10.5 Å². The Balaban J connectivity index is 1.16. The average molecular weight is 661 g/mol. The minimum Gasteiger partial charge on any atom is -0.496 e. The van der Waals surface area contributed by atoms with Gasteiger partial charge in [-0.15, -0.1) is 0 Å². The number of methoxy groups -OCH3 is 1. The molecule has 0 saturated carbocycles. The van der Waals surface area contributed by atoms with Crippen molar-refractivity contribution in [2.24, 2.45) is 11.7 Å². The fourth-order valence-corrected chi connectivity index (χ4v) is 6.42. The first-order chi connectivity index (χ1) is 22.9. The van der Waals surface area contributed by atoms with Gasteiger partial charge in [-0.3, -0.25) is 14.5 Å². The van der Waals surface area contributed by atoms with E-state index in [1.165, 1.54) is 0 Å². The smallest absolute Gasteiger partial charge is 0.429 e. The lowest BCUT2D eigenvalue weighted by molar-refractivity contribution is -0.123.